The van der Waals surface area contributed by atoms with Crippen LogP contribution < -0.4 is 16.6 Å². The van der Waals surface area contributed by atoms with Crippen molar-refractivity contribution in [2.75, 3.05) is 17.9 Å². The number of hydrogen-bond donors (Lipinski definition) is 3. The maximum Gasteiger partial charge on any atom is 0.158 e. The molecule has 106 valence electrons. The molecular weight excluding hydrogens is 254 g/mol. The number of aryl methyl sites for hydroxylation is 1. The van der Waals surface area contributed by atoms with Gasteiger partial charge < -0.3 is 15.5 Å². The quantitative estimate of drug-likeness (QED) is 0.550. The van der Waals surface area contributed by atoms with Gasteiger partial charge >= 0.3 is 0 Å². The van der Waals surface area contributed by atoms with Crippen molar-refractivity contribution < 1.29 is 4.74 Å². The van der Waals surface area contributed by atoms with Crippen LogP contribution in [0.15, 0.2) is 30.3 Å². The van der Waals surface area contributed by atoms with E-state index in [2.05, 4.69) is 51.9 Å². The van der Waals surface area contributed by atoms with Gasteiger partial charge in [-0.2, -0.15) is 0 Å². The molecule has 0 fully saturated rings. The Labute approximate surface area is 118 Å². The SMILES string of the molecule is COCc1nc(NN)cc(NCc2ccc(C)cc2)n1. The molecule has 1 aromatic carbocycles. The van der Waals surface area contributed by atoms with E-state index in [4.69, 9.17) is 10.6 Å². The van der Waals surface area contributed by atoms with E-state index in [-0.39, 0.29) is 0 Å². The highest BCUT2D eigenvalue weighted by Gasteiger charge is 2.04. The number of aromatic nitrogens is 2. The van der Waals surface area contributed by atoms with Gasteiger partial charge in [-0.15, -0.1) is 0 Å². The third kappa shape index (κ3) is 3.91. The molecule has 2 rings (SSSR count). The van der Waals surface area contributed by atoms with E-state index in [1.165, 1.54) is 11.1 Å². The number of ether oxygens (including phenoxy) is 1. The Morgan fingerprint density at radius 2 is 1.85 bits per heavy atom. The van der Waals surface area contributed by atoms with E-state index in [0.717, 1.165) is 0 Å². The number of hydrogen-bond acceptors (Lipinski definition) is 6. The molecule has 0 unspecified atom stereocenters. The number of nitrogen functional groups attached to an aromatic ring is 1. The Balaban J connectivity index is 2.07. The lowest BCUT2D eigenvalue weighted by atomic mass is 10.1. The number of hydrazine groups is 1. The van der Waals surface area contributed by atoms with Crippen molar-refractivity contribution in [2.24, 2.45) is 5.84 Å². The van der Waals surface area contributed by atoms with Crippen molar-refractivity contribution in [3.63, 3.8) is 0 Å². The fourth-order valence-corrected chi connectivity index (χ4v) is 1.75. The van der Waals surface area contributed by atoms with Gasteiger partial charge in [0.15, 0.2) is 5.82 Å². The maximum atomic E-state index is 5.40. The Bertz CT molecular complexity index is 556. The van der Waals surface area contributed by atoms with Gasteiger partial charge in [0.1, 0.15) is 18.2 Å². The first-order chi connectivity index (χ1) is 9.71. The predicted octanol–water partition coefficient (Wildman–Crippen LogP) is 1.83. The minimum absolute atomic E-state index is 0.342. The van der Waals surface area contributed by atoms with E-state index < -0.39 is 0 Å². The van der Waals surface area contributed by atoms with Crippen LogP contribution in [0, 0.1) is 6.92 Å². The third-order valence-electron chi connectivity index (χ3n) is 2.79. The van der Waals surface area contributed by atoms with E-state index in [1.54, 1.807) is 13.2 Å². The summed E-state index contributed by atoms with van der Waals surface area (Å²) in [7, 11) is 1.60. The van der Waals surface area contributed by atoms with Crippen LogP contribution in [0.3, 0.4) is 0 Å². The number of nitrogens with one attached hydrogen (secondary N) is 2. The maximum absolute atomic E-state index is 5.40. The van der Waals surface area contributed by atoms with E-state index in [9.17, 15) is 0 Å². The summed E-state index contributed by atoms with van der Waals surface area (Å²) < 4.78 is 5.04. The molecule has 0 aliphatic carbocycles. The molecule has 1 aromatic heterocycles. The van der Waals surface area contributed by atoms with Gasteiger partial charge in [-0.3, -0.25) is 0 Å². The van der Waals surface area contributed by atoms with Crippen LogP contribution in [0.4, 0.5) is 11.6 Å². The van der Waals surface area contributed by atoms with Crippen LogP contribution in [0.2, 0.25) is 0 Å². The van der Waals surface area contributed by atoms with Crippen molar-refractivity contribution in [1.29, 1.82) is 0 Å². The van der Waals surface area contributed by atoms with Crippen LogP contribution in [0.1, 0.15) is 17.0 Å². The highest BCUT2D eigenvalue weighted by atomic mass is 16.5. The number of rotatable bonds is 6. The van der Waals surface area contributed by atoms with Gasteiger partial charge in [-0.25, -0.2) is 15.8 Å². The van der Waals surface area contributed by atoms with Crippen molar-refractivity contribution in [1.82, 2.24) is 9.97 Å². The minimum atomic E-state index is 0.342. The molecule has 0 saturated carbocycles. The normalized spacial score (nSPS) is 10.3. The second kappa shape index (κ2) is 6.83. The Morgan fingerprint density at radius 1 is 1.15 bits per heavy atom. The zero-order valence-corrected chi connectivity index (χ0v) is 11.7. The van der Waals surface area contributed by atoms with Gasteiger partial charge in [-0.1, -0.05) is 29.8 Å². The van der Waals surface area contributed by atoms with Gasteiger partial charge in [-0.05, 0) is 12.5 Å². The monoisotopic (exact) mass is 273 g/mol. The first kappa shape index (κ1) is 14.2. The standard InChI is InChI=1S/C14H19N5O/c1-10-3-5-11(6-4-10)8-16-12-7-13(19-15)18-14(17-12)9-20-2/h3-7H,8-9,15H2,1-2H3,(H2,16,17,18,19). The van der Waals surface area contributed by atoms with E-state index >= 15 is 0 Å². The molecule has 20 heavy (non-hydrogen) atoms. The van der Waals surface area contributed by atoms with Crippen LogP contribution in [0.5, 0.6) is 0 Å². The molecule has 0 aliphatic heterocycles. The van der Waals surface area contributed by atoms with E-state index in [1.807, 2.05) is 0 Å². The predicted molar refractivity (Wildman–Crippen MR) is 79.1 cm³/mol. The highest BCUT2D eigenvalue weighted by Crippen LogP contribution is 2.12. The van der Waals surface area contributed by atoms with Gasteiger partial charge in [0.25, 0.3) is 0 Å². The van der Waals surface area contributed by atoms with Crippen molar-refractivity contribution in [2.45, 2.75) is 20.1 Å². The summed E-state index contributed by atoms with van der Waals surface area (Å²) in [5.41, 5.74) is 4.95. The van der Waals surface area contributed by atoms with Crippen LogP contribution in [-0.4, -0.2) is 17.1 Å². The molecule has 0 aliphatic rings. The molecule has 1 heterocycles. The summed E-state index contributed by atoms with van der Waals surface area (Å²) in [5.74, 6) is 7.24. The van der Waals surface area contributed by atoms with Crippen LogP contribution in [0.25, 0.3) is 0 Å². The number of nitrogens with zero attached hydrogens (tertiary/aromatic N) is 2. The van der Waals surface area contributed by atoms with Gasteiger partial charge in [0.05, 0.1) is 0 Å². The molecule has 0 radical (unpaired) electrons. The molecule has 6 heteroatoms. The zero-order chi connectivity index (χ0) is 14.4. The highest BCUT2D eigenvalue weighted by molar-refractivity contribution is 5.47. The Kier molecular flexibility index (Phi) is 4.86. The first-order valence-corrected chi connectivity index (χ1v) is 6.34. The number of nitrogens with two attached hydrogens (primary N) is 1. The summed E-state index contributed by atoms with van der Waals surface area (Å²) in [6.07, 6.45) is 0. The molecule has 0 amide bonds. The Morgan fingerprint density at radius 3 is 2.50 bits per heavy atom. The van der Waals surface area contributed by atoms with Gasteiger partial charge in [0.2, 0.25) is 0 Å². The second-order valence-electron chi connectivity index (χ2n) is 4.47. The lowest BCUT2D eigenvalue weighted by molar-refractivity contribution is 0.178. The number of methoxy groups -OCH3 is 1. The molecule has 0 saturated heterocycles. The minimum Gasteiger partial charge on any atom is -0.377 e. The van der Waals surface area contributed by atoms with Crippen LogP contribution >= 0.6 is 0 Å². The topological polar surface area (TPSA) is 85.1 Å². The summed E-state index contributed by atoms with van der Waals surface area (Å²) in [4.78, 5) is 8.56. The molecule has 2 aromatic rings. The van der Waals surface area contributed by atoms with E-state index in [0.29, 0.717) is 30.6 Å². The Hall–Kier alpha value is -2.18. The fraction of sp³-hybridized carbons (Fsp3) is 0.286. The molecule has 0 atom stereocenters. The number of anilines is 2. The molecule has 0 bridgehead atoms. The molecule has 0 spiro atoms. The second-order valence-corrected chi connectivity index (χ2v) is 4.47. The van der Waals surface area contributed by atoms with Crippen molar-refractivity contribution in [3.8, 4) is 0 Å². The van der Waals surface area contributed by atoms with Crippen molar-refractivity contribution >= 4 is 11.6 Å². The lowest BCUT2D eigenvalue weighted by Crippen LogP contribution is -2.12. The average molecular weight is 273 g/mol. The molecule has 4 N–H and O–H groups in total. The number of benzene rings is 1. The van der Waals surface area contributed by atoms with Crippen molar-refractivity contribution in [3.05, 3.63) is 47.3 Å². The largest absolute Gasteiger partial charge is 0.377 e. The first-order valence-electron chi connectivity index (χ1n) is 6.34. The molecule has 6 nitrogen and oxygen atoms in total. The van der Waals surface area contributed by atoms with Gasteiger partial charge in [0, 0.05) is 19.7 Å². The third-order valence-corrected chi connectivity index (χ3v) is 2.79. The van der Waals surface area contributed by atoms with Crippen LogP contribution in [-0.2, 0) is 17.9 Å². The fourth-order valence-electron chi connectivity index (χ4n) is 1.75. The molecular formula is C14H19N5O. The summed E-state index contributed by atoms with van der Waals surface area (Å²) in [6.45, 7) is 3.10. The summed E-state index contributed by atoms with van der Waals surface area (Å²) in [6, 6.07) is 10.1. The smallest absolute Gasteiger partial charge is 0.158 e. The summed E-state index contributed by atoms with van der Waals surface area (Å²) in [5, 5.41) is 3.25. The average Bonchev–Trinajstić information content (AvgIpc) is 2.47. The zero-order valence-electron chi connectivity index (χ0n) is 11.7. The lowest BCUT2D eigenvalue weighted by Gasteiger charge is -2.09. The summed E-state index contributed by atoms with van der Waals surface area (Å²) >= 11 is 0.